The molecule has 4 rings (SSSR count). The average Bonchev–Trinajstić information content (AvgIpc) is 2.92. The highest BCUT2D eigenvalue weighted by Gasteiger charge is 2.36. The number of aryl methyl sites for hydroxylation is 1. The van der Waals surface area contributed by atoms with Crippen molar-refractivity contribution in [2.24, 2.45) is 0 Å². The number of benzene rings is 2. The first-order valence-corrected chi connectivity index (χ1v) is 10.3. The zero-order valence-corrected chi connectivity index (χ0v) is 17.5. The smallest absolute Gasteiger partial charge is 0.261 e. The summed E-state index contributed by atoms with van der Waals surface area (Å²) < 4.78 is 6.08. The number of hydrogen-bond acceptors (Lipinski definition) is 4. The van der Waals surface area contributed by atoms with Gasteiger partial charge in [-0.3, -0.25) is 19.3 Å². The number of hydrogen-bond donors (Lipinski definition) is 1. The second-order valence-corrected chi connectivity index (χ2v) is 8.64. The van der Waals surface area contributed by atoms with Crippen LogP contribution in [-0.2, 0) is 4.79 Å². The predicted octanol–water partition coefficient (Wildman–Crippen LogP) is 3.79. The van der Waals surface area contributed by atoms with Crippen molar-refractivity contribution >= 4 is 17.7 Å². The van der Waals surface area contributed by atoms with Gasteiger partial charge in [-0.05, 0) is 51.0 Å². The Morgan fingerprint density at radius 2 is 1.80 bits per heavy atom. The third-order valence-corrected chi connectivity index (χ3v) is 5.63. The Balaban J connectivity index is 1.36. The molecule has 0 aliphatic carbocycles. The van der Waals surface area contributed by atoms with E-state index in [-0.39, 0.29) is 42.3 Å². The Morgan fingerprint density at radius 1 is 1.13 bits per heavy atom. The molecule has 2 aromatic rings. The molecule has 0 fully saturated rings. The van der Waals surface area contributed by atoms with Crippen LogP contribution in [0.25, 0.3) is 0 Å². The van der Waals surface area contributed by atoms with E-state index in [1.54, 1.807) is 24.3 Å². The molecule has 1 N–H and O–H groups in total. The molecule has 6 nitrogen and oxygen atoms in total. The summed E-state index contributed by atoms with van der Waals surface area (Å²) >= 11 is 0. The third kappa shape index (κ3) is 3.82. The van der Waals surface area contributed by atoms with Gasteiger partial charge >= 0.3 is 0 Å². The second-order valence-electron chi connectivity index (χ2n) is 8.64. The van der Waals surface area contributed by atoms with E-state index in [1.807, 2.05) is 39.0 Å². The molecule has 6 heteroatoms. The van der Waals surface area contributed by atoms with Crippen LogP contribution in [-0.4, -0.2) is 34.8 Å². The molecule has 2 heterocycles. The van der Waals surface area contributed by atoms with Gasteiger partial charge in [0.1, 0.15) is 11.4 Å². The van der Waals surface area contributed by atoms with E-state index >= 15 is 0 Å². The predicted molar refractivity (Wildman–Crippen MR) is 112 cm³/mol. The number of carbonyl (C=O) groups is 3. The maximum atomic E-state index is 12.6. The number of imide groups is 1. The van der Waals surface area contributed by atoms with Crippen LogP contribution in [0.1, 0.15) is 71.0 Å². The minimum Gasteiger partial charge on any atom is -0.487 e. The molecule has 0 unspecified atom stereocenters. The van der Waals surface area contributed by atoms with Gasteiger partial charge in [0.25, 0.3) is 11.8 Å². The average molecular weight is 406 g/mol. The van der Waals surface area contributed by atoms with Crippen molar-refractivity contribution < 1.29 is 19.1 Å². The fourth-order valence-corrected chi connectivity index (χ4v) is 4.19. The van der Waals surface area contributed by atoms with Gasteiger partial charge in [0, 0.05) is 24.9 Å². The van der Waals surface area contributed by atoms with E-state index in [2.05, 4.69) is 5.32 Å². The summed E-state index contributed by atoms with van der Waals surface area (Å²) in [4.78, 5) is 38.7. The second kappa shape index (κ2) is 7.59. The molecule has 2 aliphatic heterocycles. The summed E-state index contributed by atoms with van der Waals surface area (Å²) in [6, 6.07) is 12.7. The molecule has 0 saturated carbocycles. The number of nitrogens with zero attached hydrogens (tertiary/aromatic N) is 1. The number of nitrogens with one attached hydrogen (secondary N) is 1. The lowest BCUT2D eigenvalue weighted by molar-refractivity contribution is -0.122. The Kier molecular flexibility index (Phi) is 5.10. The zero-order valence-electron chi connectivity index (χ0n) is 17.5. The third-order valence-electron chi connectivity index (χ3n) is 5.63. The number of fused-ring (bicyclic) bond motifs is 2. The summed E-state index contributed by atoms with van der Waals surface area (Å²) in [6.45, 7) is 6.27. The number of rotatable bonds is 5. The van der Waals surface area contributed by atoms with E-state index < -0.39 is 0 Å². The van der Waals surface area contributed by atoms with Crippen molar-refractivity contribution in [1.29, 1.82) is 0 Å². The first-order chi connectivity index (χ1) is 14.2. The monoisotopic (exact) mass is 406 g/mol. The van der Waals surface area contributed by atoms with E-state index in [0.717, 1.165) is 16.9 Å². The zero-order chi connectivity index (χ0) is 21.5. The minimum atomic E-state index is -0.376. The number of carbonyl (C=O) groups excluding carboxylic acids is 3. The van der Waals surface area contributed by atoms with Crippen LogP contribution in [0.3, 0.4) is 0 Å². The quantitative estimate of drug-likeness (QED) is 0.767. The lowest BCUT2D eigenvalue weighted by Gasteiger charge is -2.38. The van der Waals surface area contributed by atoms with Crippen LogP contribution in [0.2, 0.25) is 0 Å². The molecule has 0 radical (unpaired) electrons. The lowest BCUT2D eigenvalue weighted by Crippen LogP contribution is -2.41. The SMILES string of the molecule is Cc1ccc2c(c1)OC(C)(C)C[C@@H]2NC(=O)CCCN1C(=O)c2ccccc2C1=O. The molecule has 0 saturated heterocycles. The molecule has 0 aromatic heterocycles. The molecule has 30 heavy (non-hydrogen) atoms. The summed E-state index contributed by atoms with van der Waals surface area (Å²) in [5.41, 5.74) is 2.58. The summed E-state index contributed by atoms with van der Waals surface area (Å²) in [7, 11) is 0. The van der Waals surface area contributed by atoms with Crippen molar-refractivity contribution in [2.45, 2.75) is 51.7 Å². The van der Waals surface area contributed by atoms with Crippen molar-refractivity contribution in [2.75, 3.05) is 6.54 Å². The highest BCUT2D eigenvalue weighted by Crippen LogP contribution is 2.39. The van der Waals surface area contributed by atoms with Crippen molar-refractivity contribution in [3.05, 3.63) is 64.7 Å². The Labute approximate surface area is 176 Å². The molecule has 3 amide bonds. The van der Waals surface area contributed by atoms with Gasteiger partial charge in [-0.15, -0.1) is 0 Å². The van der Waals surface area contributed by atoms with Crippen LogP contribution in [0.15, 0.2) is 42.5 Å². The number of amides is 3. The number of ether oxygens (including phenoxy) is 1. The molecule has 156 valence electrons. The molecular weight excluding hydrogens is 380 g/mol. The van der Waals surface area contributed by atoms with E-state index in [1.165, 1.54) is 4.90 Å². The van der Waals surface area contributed by atoms with Crippen molar-refractivity contribution in [3.63, 3.8) is 0 Å². The fraction of sp³-hybridized carbons (Fsp3) is 0.375. The topological polar surface area (TPSA) is 75.7 Å². The van der Waals surface area contributed by atoms with E-state index in [4.69, 9.17) is 4.74 Å². The largest absolute Gasteiger partial charge is 0.487 e. The van der Waals surface area contributed by atoms with Gasteiger partial charge in [-0.1, -0.05) is 24.3 Å². The summed E-state index contributed by atoms with van der Waals surface area (Å²) in [6.07, 6.45) is 1.34. The van der Waals surface area contributed by atoms with Gasteiger partial charge in [0.2, 0.25) is 5.91 Å². The summed E-state index contributed by atoms with van der Waals surface area (Å²) in [5, 5.41) is 3.11. The first-order valence-electron chi connectivity index (χ1n) is 10.3. The van der Waals surface area contributed by atoms with Gasteiger partial charge in [0.15, 0.2) is 0 Å². The molecule has 0 bridgehead atoms. The van der Waals surface area contributed by atoms with Crippen molar-refractivity contribution in [1.82, 2.24) is 10.2 Å². The van der Waals surface area contributed by atoms with Crippen LogP contribution < -0.4 is 10.1 Å². The molecular formula is C24H26N2O4. The molecule has 1 atom stereocenters. The van der Waals surface area contributed by atoms with Gasteiger partial charge in [-0.25, -0.2) is 0 Å². The Hall–Kier alpha value is -3.15. The fourth-order valence-electron chi connectivity index (χ4n) is 4.19. The van der Waals surface area contributed by atoms with Crippen LogP contribution >= 0.6 is 0 Å². The van der Waals surface area contributed by atoms with Crippen LogP contribution in [0, 0.1) is 6.92 Å². The molecule has 0 spiro atoms. The Bertz CT molecular complexity index is 993. The van der Waals surface area contributed by atoms with Crippen molar-refractivity contribution in [3.8, 4) is 5.75 Å². The van der Waals surface area contributed by atoms with Gasteiger partial charge in [0.05, 0.1) is 17.2 Å². The van der Waals surface area contributed by atoms with E-state index in [0.29, 0.717) is 24.0 Å². The highest BCUT2D eigenvalue weighted by molar-refractivity contribution is 6.21. The normalized spacial score (nSPS) is 19.2. The van der Waals surface area contributed by atoms with E-state index in [9.17, 15) is 14.4 Å². The maximum absolute atomic E-state index is 12.6. The maximum Gasteiger partial charge on any atom is 0.261 e. The molecule has 2 aromatic carbocycles. The van der Waals surface area contributed by atoms with Gasteiger partial charge < -0.3 is 10.1 Å². The lowest BCUT2D eigenvalue weighted by atomic mass is 9.89. The van der Waals surface area contributed by atoms with Gasteiger partial charge in [-0.2, -0.15) is 0 Å². The van der Waals surface area contributed by atoms with Crippen LogP contribution in [0.5, 0.6) is 5.75 Å². The standard InChI is InChI=1S/C24H26N2O4/c1-15-10-11-18-19(14-24(2,3)30-20(18)13-15)25-21(27)9-6-12-26-22(28)16-7-4-5-8-17(16)23(26)29/h4-5,7-8,10-11,13,19H,6,9,12,14H2,1-3H3,(H,25,27)/t19-/m0/s1. The molecule has 2 aliphatic rings. The van der Waals surface area contributed by atoms with Crippen LogP contribution in [0.4, 0.5) is 0 Å². The highest BCUT2D eigenvalue weighted by atomic mass is 16.5. The minimum absolute atomic E-state index is 0.0964. The Morgan fingerprint density at radius 3 is 2.47 bits per heavy atom. The summed E-state index contributed by atoms with van der Waals surface area (Å²) in [5.74, 6) is 0.140. The first kappa shape index (κ1) is 20.1.